The molecule has 0 spiro atoms. The number of carboxylic acid groups (broad SMARTS) is 1. The second-order valence-corrected chi connectivity index (χ2v) is 12.5. The van der Waals surface area contributed by atoms with Gasteiger partial charge in [0, 0.05) is 18.7 Å². The molecule has 0 radical (unpaired) electrons. The Morgan fingerprint density at radius 1 is 1.18 bits per heavy atom. The zero-order valence-electron chi connectivity index (χ0n) is 22.5. The lowest BCUT2D eigenvalue weighted by atomic mass is 9.91. The molecule has 1 aliphatic rings. The van der Waals surface area contributed by atoms with E-state index < -0.39 is 12.0 Å². The fourth-order valence-electron chi connectivity index (χ4n) is 4.19. The van der Waals surface area contributed by atoms with Crippen LogP contribution in [-0.4, -0.2) is 62.2 Å². The number of carbonyl (C=O) groups excluding carboxylic acids is 1. The zero-order chi connectivity index (χ0) is 27.5. The van der Waals surface area contributed by atoms with E-state index >= 15 is 0 Å². The third-order valence-electron chi connectivity index (χ3n) is 6.19. The zero-order valence-corrected chi connectivity index (χ0v) is 25.0. The summed E-state index contributed by atoms with van der Waals surface area (Å²) in [5, 5.41) is 23.0. The van der Waals surface area contributed by atoms with E-state index in [-0.39, 0.29) is 11.4 Å². The Morgan fingerprint density at radius 3 is 2.66 bits per heavy atom. The maximum atomic E-state index is 13.5. The number of hydrogen-bond acceptors (Lipinski definition) is 8. The van der Waals surface area contributed by atoms with Crippen LogP contribution in [0.2, 0.25) is 0 Å². The molecule has 3 N–H and O–H groups in total. The number of rotatable bonds is 14. The van der Waals surface area contributed by atoms with Crippen LogP contribution in [0.3, 0.4) is 0 Å². The molecule has 0 saturated carbocycles. The molecule has 206 valence electrons. The van der Waals surface area contributed by atoms with Crippen LogP contribution in [0.25, 0.3) is 11.1 Å². The van der Waals surface area contributed by atoms with Gasteiger partial charge in [-0.3, -0.25) is 15.1 Å². The van der Waals surface area contributed by atoms with E-state index in [4.69, 9.17) is 5.10 Å². The number of hydrogen-bond donors (Lipinski definition) is 3. The molecule has 38 heavy (non-hydrogen) atoms. The third kappa shape index (κ3) is 8.18. The van der Waals surface area contributed by atoms with Crippen LogP contribution in [0, 0.1) is 6.92 Å². The topological polar surface area (TPSA) is 94.0 Å². The van der Waals surface area contributed by atoms with E-state index in [2.05, 4.69) is 29.5 Å². The molecular weight excluding hydrogens is 537 g/mol. The Kier molecular flexibility index (Phi) is 12.4. The summed E-state index contributed by atoms with van der Waals surface area (Å²) in [4.78, 5) is 25.3. The van der Waals surface area contributed by atoms with Crippen LogP contribution in [-0.2, 0) is 11.3 Å². The minimum absolute atomic E-state index is 0.0146. The average Bonchev–Trinajstić information content (AvgIpc) is 3.30. The predicted octanol–water partition coefficient (Wildman–Crippen LogP) is 5.84. The summed E-state index contributed by atoms with van der Waals surface area (Å²) in [6, 6.07) is 12.7. The van der Waals surface area contributed by atoms with Crippen molar-refractivity contribution in [1.29, 1.82) is 0 Å². The highest BCUT2D eigenvalue weighted by Gasteiger charge is 2.28. The molecule has 2 aromatic carbocycles. The molecule has 2 aromatic rings. The van der Waals surface area contributed by atoms with E-state index in [1.165, 1.54) is 0 Å². The highest BCUT2D eigenvalue weighted by Crippen LogP contribution is 2.33. The lowest BCUT2D eigenvalue weighted by Gasteiger charge is -2.25. The molecule has 1 heterocycles. The highest BCUT2D eigenvalue weighted by atomic mass is 32.2. The third-order valence-corrected chi connectivity index (χ3v) is 9.01. The van der Waals surface area contributed by atoms with Gasteiger partial charge in [-0.05, 0) is 65.8 Å². The van der Waals surface area contributed by atoms with Crippen molar-refractivity contribution in [2.75, 3.05) is 24.3 Å². The summed E-state index contributed by atoms with van der Waals surface area (Å²) in [6.45, 7) is 7.76. The van der Waals surface area contributed by atoms with Gasteiger partial charge in [-0.15, -0.1) is 0 Å². The van der Waals surface area contributed by atoms with Crippen molar-refractivity contribution in [2.24, 2.45) is 5.10 Å². The Bertz CT molecular complexity index is 1130. The molecule has 10 heteroatoms. The number of unbranched alkanes of at least 4 members (excludes halogenated alkanes) is 1. The molecule has 1 aliphatic heterocycles. The maximum Gasteiger partial charge on any atom is 0.326 e. The number of nitrogens with one attached hydrogen (secondary N) is 2. The molecule has 0 fully saturated rings. The van der Waals surface area contributed by atoms with Crippen LogP contribution in [0.1, 0.15) is 54.6 Å². The number of carbonyl (C=O) groups is 2. The number of benzene rings is 2. The first kappa shape index (κ1) is 30.4. The Labute approximate surface area is 239 Å². The number of carboxylic acids is 1. The molecule has 0 bridgehead atoms. The maximum absolute atomic E-state index is 13.5. The van der Waals surface area contributed by atoms with E-state index in [9.17, 15) is 14.7 Å². The summed E-state index contributed by atoms with van der Waals surface area (Å²) < 4.78 is 1.07. The number of aliphatic carboxylic acids is 1. The van der Waals surface area contributed by atoms with Crippen molar-refractivity contribution in [3.63, 3.8) is 0 Å². The van der Waals surface area contributed by atoms with Gasteiger partial charge in [-0.2, -0.15) is 16.9 Å². The van der Waals surface area contributed by atoms with Crippen molar-refractivity contribution in [2.45, 2.75) is 58.1 Å². The predicted molar refractivity (Wildman–Crippen MR) is 164 cm³/mol. The van der Waals surface area contributed by atoms with E-state index in [0.29, 0.717) is 24.3 Å². The lowest BCUT2D eigenvalue weighted by Crippen LogP contribution is -2.41. The van der Waals surface area contributed by atoms with Crippen molar-refractivity contribution in [1.82, 2.24) is 15.6 Å². The van der Waals surface area contributed by atoms with Crippen LogP contribution in [0.4, 0.5) is 0 Å². The first-order valence-corrected chi connectivity index (χ1v) is 16.2. The Morgan fingerprint density at radius 2 is 1.97 bits per heavy atom. The average molecular weight is 575 g/mol. The standard InChI is InChI=1S/C28H38N4O3S3/c1-5-7-16-32-27(38-28(31-32)37-6-2)29-18-20-12-10-14-22(24(20)21-13-9-8-11-19(21)3)25(33)30-23(26(34)35)15-17-36-4/h8-14,23,27,29H,5-7,15-18H2,1-4H3,(H,30,33)(H,34,35)/t23-,27?/m0/s1. The van der Waals surface area contributed by atoms with E-state index in [1.54, 1.807) is 41.4 Å². The second kappa shape index (κ2) is 15.5. The first-order valence-electron chi connectivity index (χ1n) is 13.0. The van der Waals surface area contributed by atoms with Crippen LogP contribution < -0.4 is 10.6 Å². The van der Waals surface area contributed by atoms with Gasteiger partial charge in [0.15, 0.2) is 9.87 Å². The van der Waals surface area contributed by atoms with Crippen molar-refractivity contribution < 1.29 is 14.7 Å². The quantitative estimate of drug-likeness (QED) is 0.259. The summed E-state index contributed by atoms with van der Waals surface area (Å²) in [6.07, 6.45) is 4.46. The van der Waals surface area contributed by atoms with Gasteiger partial charge in [0.2, 0.25) is 0 Å². The van der Waals surface area contributed by atoms with Crippen LogP contribution in [0.15, 0.2) is 47.6 Å². The smallest absolute Gasteiger partial charge is 0.326 e. The molecule has 1 unspecified atom stereocenters. The molecule has 3 rings (SSSR count). The first-order chi connectivity index (χ1) is 18.4. The molecular formula is C28H38N4O3S3. The molecule has 1 amide bonds. The lowest BCUT2D eigenvalue weighted by molar-refractivity contribution is -0.139. The van der Waals surface area contributed by atoms with Gasteiger partial charge in [0.25, 0.3) is 5.91 Å². The van der Waals surface area contributed by atoms with Crippen LogP contribution in [0.5, 0.6) is 0 Å². The SMILES string of the molecule is CCCCN1N=C(SCC)SC1NCc1cccc(C(=O)N[C@@H](CCSC)C(=O)O)c1-c1ccccc1C. The molecule has 0 saturated heterocycles. The summed E-state index contributed by atoms with van der Waals surface area (Å²) in [5.41, 5.74) is 4.32. The minimum Gasteiger partial charge on any atom is -0.480 e. The number of hydrazone groups is 1. The van der Waals surface area contributed by atoms with Crippen molar-refractivity contribution >= 4 is 51.5 Å². The van der Waals surface area contributed by atoms with Gasteiger partial charge in [-0.1, -0.05) is 80.2 Å². The Hall–Kier alpha value is -2.14. The van der Waals surface area contributed by atoms with Gasteiger partial charge in [-0.25, -0.2) is 4.79 Å². The monoisotopic (exact) mass is 574 g/mol. The fourth-order valence-corrected chi connectivity index (χ4v) is 6.76. The number of thioether (sulfide) groups is 3. The second-order valence-electron chi connectivity index (χ2n) is 8.97. The summed E-state index contributed by atoms with van der Waals surface area (Å²) in [5.74, 6) is 0.236. The summed E-state index contributed by atoms with van der Waals surface area (Å²) >= 11 is 5.04. The summed E-state index contributed by atoms with van der Waals surface area (Å²) in [7, 11) is 0. The number of amides is 1. The van der Waals surface area contributed by atoms with Gasteiger partial charge in [0.1, 0.15) is 6.04 Å². The number of nitrogens with zero attached hydrogens (tertiary/aromatic N) is 2. The van der Waals surface area contributed by atoms with Gasteiger partial charge in [0.05, 0.1) is 0 Å². The Balaban J connectivity index is 1.91. The largest absolute Gasteiger partial charge is 0.480 e. The van der Waals surface area contributed by atoms with Crippen molar-refractivity contribution in [3.8, 4) is 11.1 Å². The van der Waals surface area contributed by atoms with Crippen molar-refractivity contribution in [3.05, 3.63) is 59.2 Å². The highest BCUT2D eigenvalue weighted by molar-refractivity contribution is 8.39. The molecule has 2 atom stereocenters. The van der Waals surface area contributed by atoms with Gasteiger partial charge < -0.3 is 10.4 Å². The molecule has 0 aromatic heterocycles. The molecule has 0 aliphatic carbocycles. The fraction of sp³-hybridized carbons (Fsp3) is 0.464. The molecule has 7 nitrogen and oxygen atoms in total. The minimum atomic E-state index is -1.02. The number of aryl methyl sites for hydroxylation is 1. The van der Waals surface area contributed by atoms with E-state index in [0.717, 1.165) is 51.8 Å². The normalized spacial score (nSPS) is 15.8. The van der Waals surface area contributed by atoms with Gasteiger partial charge >= 0.3 is 5.97 Å². The van der Waals surface area contributed by atoms with E-state index in [1.807, 2.05) is 49.6 Å². The van der Waals surface area contributed by atoms with Crippen LogP contribution >= 0.6 is 35.3 Å².